The molecule has 2 nitrogen and oxygen atoms in total. The summed E-state index contributed by atoms with van der Waals surface area (Å²) in [5.41, 5.74) is -0.100. The third-order valence-electron chi connectivity index (χ3n) is 3.07. The summed E-state index contributed by atoms with van der Waals surface area (Å²) in [5, 5.41) is 2.79. The fraction of sp³-hybridized carbons (Fsp3) is 0.727. The minimum atomic E-state index is -0.100. The van der Waals surface area contributed by atoms with E-state index in [4.69, 9.17) is 6.42 Å². The Morgan fingerprint density at radius 2 is 2.15 bits per heavy atom. The number of carbonyl (C=O) groups is 1. The van der Waals surface area contributed by atoms with Crippen LogP contribution in [0.5, 0.6) is 0 Å². The summed E-state index contributed by atoms with van der Waals surface area (Å²) in [4.78, 5) is 11.8. The Bertz CT molecular complexity index is 221. The highest BCUT2D eigenvalue weighted by atomic mass is 16.2. The van der Waals surface area contributed by atoms with Gasteiger partial charge in [-0.2, -0.15) is 0 Å². The van der Waals surface area contributed by atoms with Gasteiger partial charge in [-0.1, -0.05) is 25.7 Å². The molecule has 0 aromatic heterocycles. The molecular weight excluding hydrogens is 162 g/mol. The predicted octanol–water partition coefficient (Wildman–Crippen LogP) is 1.71. The molecule has 1 saturated carbocycles. The number of terminal acetylenes is 1. The van der Waals surface area contributed by atoms with Crippen LogP contribution in [0, 0.1) is 17.8 Å². The molecule has 0 heterocycles. The van der Waals surface area contributed by atoms with Gasteiger partial charge in [-0.15, -0.1) is 6.42 Å². The molecule has 1 rings (SSSR count). The summed E-state index contributed by atoms with van der Waals surface area (Å²) in [6, 6.07) is 0. The highest BCUT2D eigenvalue weighted by molar-refractivity contribution is 5.83. The van der Waals surface area contributed by atoms with E-state index in [0.717, 1.165) is 19.3 Å². The van der Waals surface area contributed by atoms with Crippen molar-refractivity contribution in [2.75, 3.05) is 6.54 Å². The number of hydrogen-bond donors (Lipinski definition) is 1. The van der Waals surface area contributed by atoms with Gasteiger partial charge in [0.2, 0.25) is 5.91 Å². The van der Waals surface area contributed by atoms with Crippen LogP contribution in [0.4, 0.5) is 0 Å². The lowest BCUT2D eigenvalue weighted by Crippen LogP contribution is -2.38. The van der Waals surface area contributed by atoms with Gasteiger partial charge in [-0.3, -0.25) is 4.79 Å². The van der Waals surface area contributed by atoms with E-state index in [9.17, 15) is 4.79 Å². The van der Waals surface area contributed by atoms with E-state index in [1.807, 2.05) is 0 Å². The zero-order chi connectivity index (χ0) is 9.73. The molecule has 0 aromatic rings. The Balaban J connectivity index is 2.55. The molecule has 1 aliphatic carbocycles. The normalized spacial score (nSPS) is 19.4. The fourth-order valence-corrected chi connectivity index (χ4v) is 2.11. The molecule has 0 spiro atoms. The third-order valence-corrected chi connectivity index (χ3v) is 3.07. The van der Waals surface area contributed by atoms with Gasteiger partial charge in [0.25, 0.3) is 0 Å². The molecule has 1 fully saturated rings. The molecule has 0 unspecified atom stereocenters. The predicted molar refractivity (Wildman–Crippen MR) is 53.0 cm³/mol. The van der Waals surface area contributed by atoms with Crippen molar-refractivity contribution in [1.29, 1.82) is 0 Å². The minimum absolute atomic E-state index is 0.100. The molecule has 0 bridgehead atoms. The molecule has 72 valence electrons. The Morgan fingerprint density at radius 3 is 2.62 bits per heavy atom. The van der Waals surface area contributed by atoms with Gasteiger partial charge in [0, 0.05) is 5.41 Å². The first-order valence-corrected chi connectivity index (χ1v) is 4.97. The van der Waals surface area contributed by atoms with E-state index in [1.54, 1.807) is 0 Å². The van der Waals surface area contributed by atoms with Crippen molar-refractivity contribution in [3.05, 3.63) is 0 Å². The van der Waals surface area contributed by atoms with Crippen molar-refractivity contribution in [3.63, 3.8) is 0 Å². The summed E-state index contributed by atoms with van der Waals surface area (Å²) < 4.78 is 0. The zero-order valence-electron chi connectivity index (χ0n) is 8.23. The second-order valence-electron chi connectivity index (χ2n) is 3.73. The summed E-state index contributed by atoms with van der Waals surface area (Å²) in [7, 11) is 0. The van der Waals surface area contributed by atoms with E-state index in [2.05, 4.69) is 18.2 Å². The molecule has 0 radical (unpaired) electrons. The highest BCUT2D eigenvalue weighted by Crippen LogP contribution is 2.40. The van der Waals surface area contributed by atoms with Crippen LogP contribution in [0.3, 0.4) is 0 Å². The van der Waals surface area contributed by atoms with Crippen LogP contribution in [-0.4, -0.2) is 12.5 Å². The lowest BCUT2D eigenvalue weighted by Gasteiger charge is -2.25. The van der Waals surface area contributed by atoms with Crippen molar-refractivity contribution >= 4 is 5.91 Å². The summed E-state index contributed by atoms with van der Waals surface area (Å²) in [6.07, 6.45) is 10.4. The Labute approximate surface area is 80.1 Å². The lowest BCUT2D eigenvalue weighted by molar-refractivity contribution is -0.130. The zero-order valence-corrected chi connectivity index (χ0v) is 8.23. The SMILES string of the molecule is C#CCNC(=O)C1(CC)CCCC1. The molecule has 2 heteroatoms. The first-order valence-electron chi connectivity index (χ1n) is 4.97. The molecule has 0 aliphatic heterocycles. The van der Waals surface area contributed by atoms with Crippen LogP contribution < -0.4 is 5.32 Å². The Kier molecular flexibility index (Phi) is 3.36. The van der Waals surface area contributed by atoms with Crippen LogP contribution in [0.2, 0.25) is 0 Å². The maximum Gasteiger partial charge on any atom is 0.226 e. The largest absolute Gasteiger partial charge is 0.345 e. The number of hydrogen-bond acceptors (Lipinski definition) is 1. The molecule has 0 saturated heterocycles. The van der Waals surface area contributed by atoms with Crippen molar-refractivity contribution in [3.8, 4) is 12.3 Å². The molecule has 1 N–H and O–H groups in total. The minimum Gasteiger partial charge on any atom is -0.345 e. The average molecular weight is 179 g/mol. The fourth-order valence-electron chi connectivity index (χ4n) is 2.11. The standard InChI is InChI=1S/C11H17NO/c1-3-9-12-10(13)11(4-2)7-5-6-8-11/h1H,4-9H2,2H3,(H,12,13). The van der Waals surface area contributed by atoms with Gasteiger partial charge >= 0.3 is 0 Å². The van der Waals surface area contributed by atoms with Crippen LogP contribution in [-0.2, 0) is 4.79 Å². The average Bonchev–Trinajstić information content (AvgIpc) is 2.63. The van der Waals surface area contributed by atoms with Crippen LogP contribution in [0.15, 0.2) is 0 Å². The number of nitrogens with one attached hydrogen (secondary N) is 1. The van der Waals surface area contributed by atoms with Gasteiger partial charge in [0.05, 0.1) is 6.54 Å². The van der Waals surface area contributed by atoms with Gasteiger partial charge in [0.1, 0.15) is 0 Å². The van der Waals surface area contributed by atoms with E-state index in [-0.39, 0.29) is 11.3 Å². The summed E-state index contributed by atoms with van der Waals surface area (Å²) >= 11 is 0. The van der Waals surface area contributed by atoms with Crippen molar-refractivity contribution in [1.82, 2.24) is 5.32 Å². The Morgan fingerprint density at radius 1 is 1.54 bits per heavy atom. The molecular formula is C11H17NO. The Hall–Kier alpha value is -0.970. The van der Waals surface area contributed by atoms with Gasteiger partial charge in [-0.05, 0) is 19.3 Å². The van der Waals surface area contributed by atoms with Gasteiger partial charge in [0.15, 0.2) is 0 Å². The van der Waals surface area contributed by atoms with Crippen molar-refractivity contribution in [2.24, 2.45) is 5.41 Å². The quantitative estimate of drug-likeness (QED) is 0.656. The first kappa shape index (κ1) is 10.1. The smallest absolute Gasteiger partial charge is 0.226 e. The second-order valence-corrected chi connectivity index (χ2v) is 3.73. The number of rotatable bonds is 3. The van der Waals surface area contributed by atoms with Crippen LogP contribution in [0.1, 0.15) is 39.0 Å². The third kappa shape index (κ3) is 2.03. The highest BCUT2D eigenvalue weighted by Gasteiger charge is 2.38. The van der Waals surface area contributed by atoms with E-state index >= 15 is 0 Å². The molecule has 0 atom stereocenters. The molecule has 1 amide bonds. The number of carbonyl (C=O) groups excluding carboxylic acids is 1. The first-order chi connectivity index (χ1) is 6.25. The van der Waals surface area contributed by atoms with E-state index < -0.39 is 0 Å². The topological polar surface area (TPSA) is 29.1 Å². The molecule has 1 aliphatic rings. The number of amides is 1. The van der Waals surface area contributed by atoms with Crippen molar-refractivity contribution in [2.45, 2.75) is 39.0 Å². The summed E-state index contributed by atoms with van der Waals surface area (Å²) in [5.74, 6) is 2.59. The van der Waals surface area contributed by atoms with E-state index in [0.29, 0.717) is 6.54 Å². The lowest BCUT2D eigenvalue weighted by atomic mass is 9.82. The van der Waals surface area contributed by atoms with Crippen LogP contribution in [0.25, 0.3) is 0 Å². The maximum absolute atomic E-state index is 11.8. The molecule has 13 heavy (non-hydrogen) atoms. The van der Waals surface area contributed by atoms with Crippen molar-refractivity contribution < 1.29 is 4.79 Å². The molecule has 0 aromatic carbocycles. The van der Waals surface area contributed by atoms with Gasteiger partial charge < -0.3 is 5.32 Å². The van der Waals surface area contributed by atoms with E-state index in [1.165, 1.54) is 12.8 Å². The summed E-state index contributed by atoms with van der Waals surface area (Å²) in [6.45, 7) is 2.45. The van der Waals surface area contributed by atoms with Gasteiger partial charge in [-0.25, -0.2) is 0 Å². The monoisotopic (exact) mass is 179 g/mol. The van der Waals surface area contributed by atoms with Crippen LogP contribution >= 0.6 is 0 Å². The maximum atomic E-state index is 11.8. The second kappa shape index (κ2) is 4.32.